The fourth-order valence-electron chi connectivity index (χ4n) is 3.11. The number of ether oxygens (including phenoxy) is 2. The third-order valence-corrected chi connectivity index (χ3v) is 4.45. The average molecular weight is 304 g/mol. The van der Waals surface area contributed by atoms with Crippen molar-refractivity contribution in [2.24, 2.45) is 0 Å². The molecule has 1 amide bonds. The summed E-state index contributed by atoms with van der Waals surface area (Å²) in [7, 11) is 1.71. The van der Waals surface area contributed by atoms with Crippen LogP contribution in [0.25, 0.3) is 0 Å². The average Bonchev–Trinajstić information content (AvgIpc) is 3.04. The molecule has 0 N–H and O–H groups in total. The minimum atomic E-state index is 0.114. The highest BCUT2D eigenvalue weighted by molar-refractivity contribution is 5.94. The van der Waals surface area contributed by atoms with E-state index in [0.717, 1.165) is 51.4 Å². The number of amides is 1. The molecule has 0 aromatic heterocycles. The summed E-state index contributed by atoms with van der Waals surface area (Å²) in [6.07, 6.45) is 1.11. The molecule has 0 spiro atoms. The summed E-state index contributed by atoms with van der Waals surface area (Å²) < 4.78 is 10.7. The van der Waals surface area contributed by atoms with Crippen molar-refractivity contribution in [1.29, 1.82) is 0 Å². The van der Waals surface area contributed by atoms with Crippen molar-refractivity contribution < 1.29 is 14.3 Å². The molecule has 0 radical (unpaired) electrons. The Morgan fingerprint density at radius 2 is 2.14 bits per heavy atom. The molecule has 5 nitrogen and oxygen atoms in total. The first-order chi connectivity index (χ1) is 10.8. The first kappa shape index (κ1) is 15.5. The molecule has 120 valence electrons. The lowest BCUT2D eigenvalue weighted by atomic mass is 10.1. The second kappa shape index (κ2) is 7.22. The number of methoxy groups -OCH3 is 1. The minimum Gasteiger partial charge on any atom is -0.380 e. The Kier molecular flexibility index (Phi) is 5.08. The van der Waals surface area contributed by atoms with Crippen LogP contribution in [0.4, 0.5) is 0 Å². The van der Waals surface area contributed by atoms with Crippen molar-refractivity contribution in [3.05, 3.63) is 35.4 Å². The maximum absolute atomic E-state index is 12.6. The second-order valence-electron chi connectivity index (χ2n) is 5.99. The van der Waals surface area contributed by atoms with Crippen molar-refractivity contribution in [2.45, 2.75) is 19.1 Å². The molecule has 1 unspecified atom stereocenters. The molecule has 2 aliphatic rings. The number of morpholine rings is 1. The van der Waals surface area contributed by atoms with Crippen LogP contribution < -0.4 is 0 Å². The van der Waals surface area contributed by atoms with Crippen LogP contribution in [-0.2, 0) is 16.0 Å². The van der Waals surface area contributed by atoms with Gasteiger partial charge in [-0.1, -0.05) is 12.1 Å². The van der Waals surface area contributed by atoms with Crippen LogP contribution in [0.2, 0.25) is 0 Å². The highest BCUT2D eigenvalue weighted by atomic mass is 16.5. The van der Waals surface area contributed by atoms with E-state index in [2.05, 4.69) is 11.0 Å². The molecular weight excluding hydrogens is 280 g/mol. The van der Waals surface area contributed by atoms with Gasteiger partial charge in [-0.2, -0.15) is 0 Å². The van der Waals surface area contributed by atoms with Crippen LogP contribution in [-0.4, -0.2) is 68.3 Å². The van der Waals surface area contributed by atoms with Gasteiger partial charge < -0.3 is 14.4 Å². The van der Waals surface area contributed by atoms with Crippen molar-refractivity contribution in [2.75, 3.05) is 46.5 Å². The number of carbonyl (C=O) groups excluding carboxylic acids is 1. The molecule has 0 bridgehead atoms. The van der Waals surface area contributed by atoms with E-state index in [1.165, 1.54) is 5.56 Å². The van der Waals surface area contributed by atoms with Crippen molar-refractivity contribution in [1.82, 2.24) is 9.80 Å². The third-order valence-electron chi connectivity index (χ3n) is 4.45. The molecule has 0 saturated carbocycles. The van der Waals surface area contributed by atoms with E-state index in [0.29, 0.717) is 6.54 Å². The summed E-state index contributed by atoms with van der Waals surface area (Å²) in [6, 6.07) is 8.00. The SMILES string of the molecule is COC1CCN(C(=O)c2cccc(CN3CCOCC3)c2)C1. The predicted octanol–water partition coefficient (Wildman–Crippen LogP) is 1.38. The van der Waals surface area contributed by atoms with Gasteiger partial charge in [-0.25, -0.2) is 0 Å². The number of hydrogen-bond acceptors (Lipinski definition) is 4. The third kappa shape index (κ3) is 3.66. The Morgan fingerprint density at radius 3 is 2.86 bits per heavy atom. The number of rotatable bonds is 4. The van der Waals surface area contributed by atoms with E-state index in [-0.39, 0.29) is 12.0 Å². The van der Waals surface area contributed by atoms with Crippen molar-refractivity contribution >= 4 is 5.91 Å². The highest BCUT2D eigenvalue weighted by Gasteiger charge is 2.26. The predicted molar refractivity (Wildman–Crippen MR) is 83.9 cm³/mol. The van der Waals surface area contributed by atoms with Crippen LogP contribution >= 0.6 is 0 Å². The van der Waals surface area contributed by atoms with E-state index in [9.17, 15) is 4.79 Å². The smallest absolute Gasteiger partial charge is 0.253 e. The van der Waals surface area contributed by atoms with Crippen molar-refractivity contribution in [3.63, 3.8) is 0 Å². The second-order valence-corrected chi connectivity index (χ2v) is 5.99. The molecule has 2 fully saturated rings. The highest BCUT2D eigenvalue weighted by Crippen LogP contribution is 2.17. The lowest BCUT2D eigenvalue weighted by Crippen LogP contribution is -2.35. The molecule has 1 aromatic rings. The Hall–Kier alpha value is -1.43. The van der Waals surface area contributed by atoms with Gasteiger partial charge >= 0.3 is 0 Å². The van der Waals surface area contributed by atoms with Gasteiger partial charge in [0.15, 0.2) is 0 Å². The normalized spacial score (nSPS) is 23.0. The monoisotopic (exact) mass is 304 g/mol. The summed E-state index contributed by atoms with van der Waals surface area (Å²) in [5.41, 5.74) is 1.97. The van der Waals surface area contributed by atoms with E-state index in [1.54, 1.807) is 7.11 Å². The molecule has 2 heterocycles. The largest absolute Gasteiger partial charge is 0.380 e. The summed E-state index contributed by atoms with van der Waals surface area (Å²) in [5, 5.41) is 0. The Balaban J connectivity index is 1.64. The lowest BCUT2D eigenvalue weighted by Gasteiger charge is -2.26. The lowest BCUT2D eigenvalue weighted by molar-refractivity contribution is 0.0341. The maximum Gasteiger partial charge on any atom is 0.253 e. The Morgan fingerprint density at radius 1 is 1.32 bits per heavy atom. The van der Waals surface area contributed by atoms with Crippen LogP contribution in [0.15, 0.2) is 24.3 Å². The molecule has 1 aromatic carbocycles. The molecule has 0 aliphatic carbocycles. The molecule has 22 heavy (non-hydrogen) atoms. The fourth-order valence-corrected chi connectivity index (χ4v) is 3.11. The topological polar surface area (TPSA) is 42.0 Å². The van der Waals surface area contributed by atoms with E-state index < -0.39 is 0 Å². The summed E-state index contributed by atoms with van der Waals surface area (Å²) in [5.74, 6) is 0.114. The zero-order chi connectivity index (χ0) is 15.4. The Labute approximate surface area is 131 Å². The van der Waals surface area contributed by atoms with E-state index in [4.69, 9.17) is 9.47 Å². The zero-order valence-electron chi connectivity index (χ0n) is 13.2. The Bertz CT molecular complexity index is 514. The fraction of sp³-hybridized carbons (Fsp3) is 0.588. The van der Waals surface area contributed by atoms with Crippen LogP contribution in [0.3, 0.4) is 0 Å². The summed E-state index contributed by atoms with van der Waals surface area (Å²) in [6.45, 7) is 5.87. The van der Waals surface area contributed by atoms with Gasteiger partial charge in [0, 0.05) is 45.4 Å². The van der Waals surface area contributed by atoms with Crippen LogP contribution in [0.1, 0.15) is 22.3 Å². The first-order valence-corrected chi connectivity index (χ1v) is 7.97. The first-order valence-electron chi connectivity index (χ1n) is 7.97. The number of hydrogen-bond donors (Lipinski definition) is 0. The zero-order valence-corrected chi connectivity index (χ0v) is 13.2. The van der Waals surface area contributed by atoms with Crippen LogP contribution in [0.5, 0.6) is 0 Å². The standard InChI is InChI=1S/C17H24N2O3/c1-21-16-5-6-19(13-16)17(20)15-4-2-3-14(11-15)12-18-7-9-22-10-8-18/h2-4,11,16H,5-10,12-13H2,1H3. The number of nitrogens with zero attached hydrogens (tertiary/aromatic N) is 2. The minimum absolute atomic E-state index is 0.114. The number of carbonyl (C=O) groups is 1. The van der Waals surface area contributed by atoms with Gasteiger partial charge in [-0.05, 0) is 24.1 Å². The molecule has 2 aliphatic heterocycles. The van der Waals surface area contributed by atoms with Crippen molar-refractivity contribution in [3.8, 4) is 0 Å². The molecule has 1 atom stereocenters. The van der Waals surface area contributed by atoms with Gasteiger partial charge in [0.1, 0.15) is 0 Å². The molecule has 5 heteroatoms. The van der Waals surface area contributed by atoms with E-state index in [1.807, 2.05) is 23.1 Å². The van der Waals surface area contributed by atoms with E-state index >= 15 is 0 Å². The molecule has 2 saturated heterocycles. The number of likely N-dealkylation sites (tertiary alicyclic amines) is 1. The summed E-state index contributed by atoms with van der Waals surface area (Å²) >= 11 is 0. The van der Waals surface area contributed by atoms with Gasteiger partial charge in [0.2, 0.25) is 0 Å². The van der Waals surface area contributed by atoms with Crippen LogP contribution in [0, 0.1) is 0 Å². The molecule has 3 rings (SSSR count). The quantitative estimate of drug-likeness (QED) is 0.843. The van der Waals surface area contributed by atoms with Gasteiger partial charge in [-0.15, -0.1) is 0 Å². The van der Waals surface area contributed by atoms with Gasteiger partial charge in [0.25, 0.3) is 5.91 Å². The molecular formula is C17H24N2O3. The van der Waals surface area contributed by atoms with Gasteiger partial charge in [0.05, 0.1) is 19.3 Å². The number of benzene rings is 1. The van der Waals surface area contributed by atoms with Gasteiger partial charge in [-0.3, -0.25) is 9.69 Å². The maximum atomic E-state index is 12.6. The summed E-state index contributed by atoms with van der Waals surface area (Å²) in [4.78, 5) is 16.8.